The van der Waals surface area contributed by atoms with Crippen molar-refractivity contribution in [2.45, 2.75) is 18.8 Å². The van der Waals surface area contributed by atoms with Crippen molar-refractivity contribution in [1.29, 1.82) is 0 Å². The number of anilines is 2. The molecule has 2 heterocycles. The van der Waals surface area contributed by atoms with E-state index in [1.54, 1.807) is 18.2 Å². The van der Waals surface area contributed by atoms with Crippen molar-refractivity contribution in [3.8, 4) is 0 Å². The summed E-state index contributed by atoms with van der Waals surface area (Å²) in [4.78, 5) is 15.2. The minimum atomic E-state index is -4.29. The summed E-state index contributed by atoms with van der Waals surface area (Å²) in [5, 5.41) is 14.0. The monoisotopic (exact) mass is 386 g/mol. The first-order chi connectivity index (χ1) is 12.2. The molecule has 138 valence electrons. The van der Waals surface area contributed by atoms with E-state index in [2.05, 4.69) is 15.7 Å². The van der Waals surface area contributed by atoms with Crippen LogP contribution in [0.15, 0.2) is 36.7 Å². The smallest absolute Gasteiger partial charge is 0.390 e. The standard InChI is InChI=1S/C16H14ClF3N4O2/c17-9-1-2-13-11(7-9)14(23-24(13)6-4-16(18,19)20)22-12-8-21-5-3-10(12)15(25)26/h1-3,5,7-8,14,22-23H,4,6H2,(H,25,26). The second kappa shape index (κ2) is 7.00. The van der Waals surface area contributed by atoms with E-state index in [4.69, 9.17) is 11.6 Å². The average molecular weight is 387 g/mol. The third kappa shape index (κ3) is 4.00. The molecular formula is C16H14ClF3N4O2. The van der Waals surface area contributed by atoms with Crippen molar-refractivity contribution in [1.82, 2.24) is 10.4 Å². The van der Waals surface area contributed by atoms with E-state index >= 15 is 0 Å². The summed E-state index contributed by atoms with van der Waals surface area (Å²) >= 11 is 6.01. The lowest BCUT2D eigenvalue weighted by Crippen LogP contribution is -2.39. The van der Waals surface area contributed by atoms with Gasteiger partial charge in [0.1, 0.15) is 6.17 Å². The molecular weight excluding hydrogens is 373 g/mol. The molecule has 3 N–H and O–H groups in total. The molecule has 1 unspecified atom stereocenters. The molecule has 1 aliphatic heterocycles. The zero-order valence-electron chi connectivity index (χ0n) is 13.2. The van der Waals surface area contributed by atoms with Gasteiger partial charge in [0.2, 0.25) is 0 Å². The predicted molar refractivity (Wildman–Crippen MR) is 90.2 cm³/mol. The number of rotatable bonds is 5. The van der Waals surface area contributed by atoms with E-state index in [0.29, 0.717) is 16.3 Å². The van der Waals surface area contributed by atoms with Gasteiger partial charge >= 0.3 is 12.1 Å². The number of nitrogens with zero attached hydrogens (tertiary/aromatic N) is 2. The highest BCUT2D eigenvalue weighted by Gasteiger charge is 2.33. The highest BCUT2D eigenvalue weighted by molar-refractivity contribution is 6.30. The summed E-state index contributed by atoms with van der Waals surface area (Å²) in [6.45, 7) is -0.296. The maximum Gasteiger partial charge on any atom is 0.390 e. The molecule has 0 amide bonds. The first-order valence-corrected chi connectivity index (χ1v) is 7.96. The highest BCUT2D eigenvalue weighted by atomic mass is 35.5. The molecule has 3 rings (SSSR count). The number of hydrogen-bond acceptors (Lipinski definition) is 5. The average Bonchev–Trinajstić information content (AvgIpc) is 2.90. The molecule has 0 radical (unpaired) electrons. The van der Waals surface area contributed by atoms with Crippen LogP contribution in [0.1, 0.15) is 28.5 Å². The molecule has 1 aliphatic rings. The molecule has 0 aliphatic carbocycles. The van der Waals surface area contributed by atoms with Crippen LogP contribution in [0.4, 0.5) is 24.5 Å². The fourth-order valence-corrected chi connectivity index (χ4v) is 2.86. The summed E-state index contributed by atoms with van der Waals surface area (Å²) in [7, 11) is 0. The van der Waals surface area contributed by atoms with Gasteiger partial charge in [-0.05, 0) is 24.3 Å². The van der Waals surface area contributed by atoms with Crippen LogP contribution in [-0.2, 0) is 0 Å². The van der Waals surface area contributed by atoms with Crippen molar-refractivity contribution in [3.63, 3.8) is 0 Å². The molecule has 0 spiro atoms. The lowest BCUT2D eigenvalue weighted by Gasteiger charge is -2.22. The third-order valence-electron chi connectivity index (χ3n) is 3.85. The minimum absolute atomic E-state index is 0.000815. The van der Waals surface area contributed by atoms with Gasteiger partial charge in [0, 0.05) is 23.3 Å². The Hall–Kier alpha value is -2.52. The Morgan fingerprint density at radius 3 is 2.85 bits per heavy atom. The van der Waals surface area contributed by atoms with Crippen molar-refractivity contribution in [3.05, 3.63) is 52.8 Å². The summed E-state index contributed by atoms with van der Waals surface area (Å²) in [6.07, 6.45) is -3.26. The Bertz CT molecular complexity index is 831. The van der Waals surface area contributed by atoms with Crippen LogP contribution < -0.4 is 15.8 Å². The van der Waals surface area contributed by atoms with Crippen molar-refractivity contribution in [2.24, 2.45) is 0 Å². The SMILES string of the molecule is O=C(O)c1ccncc1NC1NN(CCC(F)(F)F)c2ccc(Cl)cc21. The molecule has 0 fully saturated rings. The molecule has 0 saturated carbocycles. The molecule has 2 aromatic rings. The van der Waals surface area contributed by atoms with Gasteiger partial charge in [-0.15, -0.1) is 0 Å². The molecule has 6 nitrogen and oxygen atoms in total. The molecule has 1 aromatic carbocycles. The van der Waals surface area contributed by atoms with Gasteiger partial charge in [0.25, 0.3) is 0 Å². The number of halogens is 4. The third-order valence-corrected chi connectivity index (χ3v) is 4.08. The Morgan fingerprint density at radius 1 is 1.38 bits per heavy atom. The zero-order valence-corrected chi connectivity index (χ0v) is 14.0. The second-order valence-corrected chi connectivity index (χ2v) is 6.09. The number of pyridine rings is 1. The van der Waals surface area contributed by atoms with E-state index in [-0.39, 0.29) is 17.8 Å². The lowest BCUT2D eigenvalue weighted by molar-refractivity contribution is -0.132. The maximum absolute atomic E-state index is 12.6. The van der Waals surface area contributed by atoms with Gasteiger partial charge in [0.05, 0.1) is 29.6 Å². The van der Waals surface area contributed by atoms with Gasteiger partial charge < -0.3 is 15.4 Å². The van der Waals surface area contributed by atoms with Crippen molar-refractivity contribution in [2.75, 3.05) is 16.9 Å². The van der Waals surface area contributed by atoms with E-state index in [0.717, 1.165) is 0 Å². The second-order valence-electron chi connectivity index (χ2n) is 5.65. The van der Waals surface area contributed by atoms with Crippen LogP contribution in [0.3, 0.4) is 0 Å². The predicted octanol–water partition coefficient (Wildman–Crippen LogP) is 3.82. The fourth-order valence-electron chi connectivity index (χ4n) is 2.68. The van der Waals surface area contributed by atoms with Gasteiger partial charge in [-0.2, -0.15) is 13.2 Å². The summed E-state index contributed by atoms with van der Waals surface area (Å²) < 4.78 is 37.7. The van der Waals surface area contributed by atoms with Crippen LogP contribution in [-0.4, -0.2) is 28.8 Å². The molecule has 1 atom stereocenters. The van der Waals surface area contributed by atoms with E-state index in [1.165, 1.54) is 23.5 Å². The lowest BCUT2D eigenvalue weighted by atomic mass is 10.1. The quantitative estimate of drug-likeness (QED) is 0.725. The first kappa shape index (κ1) is 18.3. The van der Waals surface area contributed by atoms with Crippen LogP contribution in [0.25, 0.3) is 0 Å². The van der Waals surface area contributed by atoms with Gasteiger partial charge in [-0.3, -0.25) is 4.98 Å². The molecule has 1 aromatic heterocycles. The fraction of sp³-hybridized carbons (Fsp3) is 0.250. The van der Waals surface area contributed by atoms with E-state index in [1.807, 2.05) is 0 Å². The van der Waals surface area contributed by atoms with Gasteiger partial charge in [-0.25, -0.2) is 10.2 Å². The first-order valence-electron chi connectivity index (χ1n) is 7.58. The van der Waals surface area contributed by atoms with Gasteiger partial charge in [-0.1, -0.05) is 11.6 Å². The molecule has 0 saturated heterocycles. The maximum atomic E-state index is 12.6. The number of aromatic nitrogens is 1. The van der Waals surface area contributed by atoms with Crippen LogP contribution in [0.5, 0.6) is 0 Å². The van der Waals surface area contributed by atoms with Crippen molar-refractivity contribution < 1.29 is 23.1 Å². The number of nitrogens with one attached hydrogen (secondary N) is 2. The Balaban J connectivity index is 1.87. The number of alkyl halides is 3. The number of hydrazine groups is 1. The number of carboxylic acids is 1. The molecule has 10 heteroatoms. The number of aromatic carboxylic acids is 1. The number of hydrogen-bond donors (Lipinski definition) is 3. The normalized spacial score (nSPS) is 16.5. The van der Waals surface area contributed by atoms with Crippen LogP contribution in [0.2, 0.25) is 5.02 Å². The topological polar surface area (TPSA) is 77.5 Å². The largest absolute Gasteiger partial charge is 0.478 e. The van der Waals surface area contributed by atoms with E-state index in [9.17, 15) is 23.1 Å². The summed E-state index contributed by atoms with van der Waals surface area (Å²) in [5.41, 5.74) is 4.30. The van der Waals surface area contributed by atoms with Crippen molar-refractivity contribution >= 4 is 28.9 Å². The number of carbonyl (C=O) groups is 1. The summed E-state index contributed by atoms with van der Waals surface area (Å²) in [6, 6.07) is 6.15. The van der Waals surface area contributed by atoms with Crippen LogP contribution >= 0.6 is 11.6 Å². The Labute approximate surface area is 151 Å². The molecule has 0 bridgehead atoms. The highest BCUT2D eigenvalue weighted by Crippen LogP contribution is 2.36. The Morgan fingerprint density at radius 2 is 2.15 bits per heavy atom. The van der Waals surface area contributed by atoms with Crippen LogP contribution in [0, 0.1) is 0 Å². The number of fused-ring (bicyclic) bond motifs is 1. The number of carboxylic acid groups (broad SMARTS) is 1. The number of benzene rings is 1. The zero-order chi connectivity index (χ0) is 18.9. The Kier molecular flexibility index (Phi) is 4.92. The van der Waals surface area contributed by atoms with E-state index < -0.39 is 24.7 Å². The summed E-state index contributed by atoms with van der Waals surface area (Å²) in [5.74, 6) is -1.15. The minimum Gasteiger partial charge on any atom is -0.478 e. The van der Waals surface area contributed by atoms with Gasteiger partial charge in [0.15, 0.2) is 0 Å². The molecule has 26 heavy (non-hydrogen) atoms.